The molecule has 15 nitrogen and oxygen atoms in total. The third-order valence-electron chi connectivity index (χ3n) is 8.29. The van der Waals surface area contributed by atoms with Gasteiger partial charge in [-0.15, -0.1) is 0 Å². The van der Waals surface area contributed by atoms with Crippen molar-refractivity contribution in [2.45, 2.75) is 63.5 Å². The van der Waals surface area contributed by atoms with Gasteiger partial charge in [0.05, 0.1) is 89.0 Å². The molecule has 0 aromatic heterocycles. The second kappa shape index (κ2) is 21.7. The van der Waals surface area contributed by atoms with Crippen LogP contribution in [0.2, 0.25) is 0 Å². The molecule has 2 fully saturated rings. The minimum atomic E-state index is -1.07. The Morgan fingerprint density at radius 2 is 1.35 bits per heavy atom. The summed E-state index contributed by atoms with van der Waals surface area (Å²) < 4.78 is 33.4. The van der Waals surface area contributed by atoms with Crippen LogP contribution in [0.1, 0.15) is 72.1 Å². The molecule has 272 valence electrons. The fourth-order valence-electron chi connectivity index (χ4n) is 5.72. The van der Waals surface area contributed by atoms with Crippen LogP contribution in [0.15, 0.2) is 18.2 Å². The van der Waals surface area contributed by atoms with Gasteiger partial charge in [0.15, 0.2) is 0 Å². The molecule has 49 heavy (non-hydrogen) atoms. The zero-order chi connectivity index (χ0) is 34.7. The van der Waals surface area contributed by atoms with E-state index in [2.05, 4.69) is 16.0 Å². The normalized spacial score (nSPS) is 18.2. The molecule has 3 heterocycles. The Morgan fingerprint density at radius 3 is 1.98 bits per heavy atom. The van der Waals surface area contributed by atoms with Crippen LogP contribution in [0.3, 0.4) is 0 Å². The molecule has 0 spiro atoms. The fraction of sp³-hybridized carbons (Fsp3) is 0.676. The third kappa shape index (κ3) is 12.8. The monoisotopic (exact) mass is 690 g/mol. The highest BCUT2D eigenvalue weighted by Crippen LogP contribution is 2.32. The Bertz CT molecular complexity index is 1240. The minimum absolute atomic E-state index is 0.0342. The number of nitrogens with zero attached hydrogens (tertiary/aromatic N) is 1. The molecule has 1 unspecified atom stereocenters. The molecule has 15 heteroatoms. The number of piperidine rings is 2. The molecule has 1 aromatic rings. The lowest BCUT2D eigenvalue weighted by atomic mass is 10.0. The maximum Gasteiger partial charge on any atom is 0.264 e. The number of nitrogens with one attached hydrogen (secondary N) is 3. The Balaban J connectivity index is 0.931. The van der Waals surface area contributed by atoms with Gasteiger partial charge in [-0.25, -0.2) is 0 Å². The first-order valence-electron chi connectivity index (χ1n) is 17.3. The number of benzene rings is 1. The van der Waals surface area contributed by atoms with Crippen LogP contribution in [0.5, 0.6) is 0 Å². The first kappa shape index (κ1) is 38.5. The SMILES string of the molecule is O=C1CCC(N2C(=O)c3cccc(NC(=O)CCCCCOCCOCCOCCOCCOCCOC4CCNCC4)c3C2=O)C(=O)N1. The van der Waals surface area contributed by atoms with E-state index in [4.69, 9.17) is 28.4 Å². The summed E-state index contributed by atoms with van der Waals surface area (Å²) in [6.07, 6.45) is 4.98. The highest BCUT2D eigenvalue weighted by molar-refractivity contribution is 6.26. The van der Waals surface area contributed by atoms with Crippen molar-refractivity contribution in [2.24, 2.45) is 0 Å². The van der Waals surface area contributed by atoms with Crippen molar-refractivity contribution in [2.75, 3.05) is 91.1 Å². The summed E-state index contributed by atoms with van der Waals surface area (Å²) in [4.78, 5) is 63.4. The topological polar surface area (TPSA) is 180 Å². The second-order valence-corrected chi connectivity index (χ2v) is 11.9. The lowest BCUT2D eigenvalue weighted by Gasteiger charge is -2.27. The lowest BCUT2D eigenvalue weighted by molar-refractivity contribution is -0.136. The third-order valence-corrected chi connectivity index (χ3v) is 8.29. The van der Waals surface area contributed by atoms with Gasteiger partial charge in [0.2, 0.25) is 17.7 Å². The maximum absolute atomic E-state index is 13.2. The number of hydrogen-bond acceptors (Lipinski definition) is 12. The molecule has 1 atom stereocenters. The van der Waals surface area contributed by atoms with Gasteiger partial charge in [0.25, 0.3) is 11.8 Å². The molecule has 3 N–H and O–H groups in total. The van der Waals surface area contributed by atoms with Crippen LogP contribution in [0.4, 0.5) is 5.69 Å². The van der Waals surface area contributed by atoms with E-state index < -0.39 is 29.7 Å². The molecule has 1 aromatic carbocycles. The first-order chi connectivity index (χ1) is 24.0. The van der Waals surface area contributed by atoms with E-state index in [1.165, 1.54) is 6.07 Å². The van der Waals surface area contributed by atoms with Gasteiger partial charge in [-0.2, -0.15) is 0 Å². The maximum atomic E-state index is 13.2. The average Bonchev–Trinajstić information content (AvgIpc) is 3.35. The Kier molecular flexibility index (Phi) is 17.1. The second-order valence-electron chi connectivity index (χ2n) is 11.9. The van der Waals surface area contributed by atoms with Crippen molar-refractivity contribution in [1.29, 1.82) is 0 Å². The standard InChI is InChI=1S/C34H50N4O11/c39-29(36-27-6-4-5-26-31(27)34(43)38(33(26)42)28-8-9-30(40)37-32(28)41)7-2-1-3-14-44-15-16-45-17-18-46-19-20-47-21-22-48-23-24-49-25-10-12-35-13-11-25/h4-6,25,28,35H,1-3,7-24H2,(H,36,39)(H,37,40,41). The molecule has 3 aliphatic heterocycles. The number of anilines is 1. The number of fused-ring (bicyclic) bond motifs is 1. The molecular formula is C34H50N4O11. The number of unbranched alkanes of at least 4 members (excludes halogenated alkanes) is 2. The molecule has 0 aliphatic carbocycles. The number of rotatable bonds is 24. The molecule has 0 radical (unpaired) electrons. The summed E-state index contributed by atoms with van der Waals surface area (Å²) >= 11 is 0. The Hall–Kier alpha value is -3.31. The quantitative estimate of drug-likeness (QED) is 0.105. The van der Waals surface area contributed by atoms with Crippen molar-refractivity contribution in [3.8, 4) is 0 Å². The van der Waals surface area contributed by atoms with E-state index in [-0.39, 0.29) is 42.0 Å². The molecule has 4 rings (SSSR count). The van der Waals surface area contributed by atoms with Gasteiger partial charge in [-0.3, -0.25) is 34.2 Å². The van der Waals surface area contributed by atoms with Crippen LogP contribution in [-0.2, 0) is 42.8 Å². The molecule has 0 saturated carbocycles. The summed E-state index contributed by atoms with van der Waals surface area (Å²) in [5.74, 6) is -2.69. The fourth-order valence-corrected chi connectivity index (χ4v) is 5.72. The van der Waals surface area contributed by atoms with Gasteiger partial charge in [0, 0.05) is 19.4 Å². The molecule has 5 amide bonds. The number of carbonyl (C=O) groups excluding carboxylic acids is 5. The molecule has 3 aliphatic rings. The van der Waals surface area contributed by atoms with E-state index >= 15 is 0 Å². The number of amides is 5. The van der Waals surface area contributed by atoms with Crippen LogP contribution >= 0.6 is 0 Å². The summed E-state index contributed by atoms with van der Waals surface area (Å²) in [6, 6.07) is 3.55. The Labute approximate surface area is 287 Å². The highest BCUT2D eigenvalue weighted by atomic mass is 16.6. The molecule has 0 bridgehead atoms. The van der Waals surface area contributed by atoms with Gasteiger partial charge in [0.1, 0.15) is 6.04 Å². The van der Waals surface area contributed by atoms with Crippen LogP contribution in [-0.4, -0.2) is 132 Å². The van der Waals surface area contributed by atoms with Crippen LogP contribution < -0.4 is 16.0 Å². The number of carbonyl (C=O) groups is 5. The highest BCUT2D eigenvalue weighted by Gasteiger charge is 2.45. The summed E-state index contributed by atoms with van der Waals surface area (Å²) in [5.41, 5.74) is 0.402. The smallest absolute Gasteiger partial charge is 0.264 e. The zero-order valence-corrected chi connectivity index (χ0v) is 28.2. The Morgan fingerprint density at radius 1 is 0.735 bits per heavy atom. The first-order valence-corrected chi connectivity index (χ1v) is 17.3. The number of hydrogen-bond donors (Lipinski definition) is 3. The summed E-state index contributed by atoms with van der Waals surface area (Å²) in [6.45, 7) is 7.71. The van der Waals surface area contributed by atoms with Crippen molar-refractivity contribution in [3.63, 3.8) is 0 Å². The van der Waals surface area contributed by atoms with Crippen molar-refractivity contribution in [3.05, 3.63) is 29.3 Å². The van der Waals surface area contributed by atoms with Crippen LogP contribution in [0, 0.1) is 0 Å². The van der Waals surface area contributed by atoms with Crippen molar-refractivity contribution >= 4 is 35.2 Å². The number of ether oxygens (including phenoxy) is 6. The van der Waals surface area contributed by atoms with E-state index in [1.807, 2.05) is 0 Å². The van der Waals surface area contributed by atoms with E-state index in [1.54, 1.807) is 12.1 Å². The van der Waals surface area contributed by atoms with E-state index in [9.17, 15) is 24.0 Å². The predicted molar refractivity (Wildman–Crippen MR) is 176 cm³/mol. The predicted octanol–water partition coefficient (Wildman–Crippen LogP) is 1.44. The molecule has 2 saturated heterocycles. The summed E-state index contributed by atoms with van der Waals surface area (Å²) in [5, 5.41) is 8.22. The van der Waals surface area contributed by atoms with E-state index in [0.717, 1.165) is 43.7 Å². The van der Waals surface area contributed by atoms with Gasteiger partial charge < -0.3 is 39.1 Å². The van der Waals surface area contributed by atoms with Crippen LogP contribution in [0.25, 0.3) is 0 Å². The lowest BCUT2D eigenvalue weighted by Crippen LogP contribution is -2.54. The van der Waals surface area contributed by atoms with E-state index in [0.29, 0.717) is 85.2 Å². The van der Waals surface area contributed by atoms with Gasteiger partial charge in [-0.1, -0.05) is 12.5 Å². The largest absolute Gasteiger partial charge is 0.379 e. The summed E-state index contributed by atoms with van der Waals surface area (Å²) in [7, 11) is 0. The zero-order valence-electron chi connectivity index (χ0n) is 28.2. The number of imide groups is 2. The van der Waals surface area contributed by atoms with Crippen molar-refractivity contribution < 1.29 is 52.4 Å². The van der Waals surface area contributed by atoms with Gasteiger partial charge >= 0.3 is 0 Å². The molecular weight excluding hydrogens is 640 g/mol. The minimum Gasteiger partial charge on any atom is -0.379 e. The van der Waals surface area contributed by atoms with Gasteiger partial charge in [-0.05, 0) is 57.3 Å². The van der Waals surface area contributed by atoms with Crippen molar-refractivity contribution in [1.82, 2.24) is 15.5 Å². The average molecular weight is 691 g/mol.